The fraction of sp³-hybridized carbons (Fsp3) is 0.667. The zero-order valence-electron chi connectivity index (χ0n) is 42.2. The number of imidazole rings is 1. The largest absolute Gasteiger partial charge is 0.790 e. The smallest absolute Gasteiger partial charge is 0.303 e. The zero-order valence-corrected chi connectivity index (χ0v) is 44.9. The zero-order chi connectivity index (χ0) is 55.3. The number of nitrogens with one attached hydrogen (secondary N) is 2. The van der Waals surface area contributed by atoms with Crippen LogP contribution in [0.25, 0.3) is 11.2 Å². The molecule has 26 nitrogen and oxygen atoms in total. The Bertz CT molecular complexity index is 2520. The van der Waals surface area contributed by atoms with E-state index in [0.29, 0.717) is 6.42 Å². The molecule has 74 heavy (non-hydrogen) atoms. The van der Waals surface area contributed by atoms with Gasteiger partial charge in [-0.25, -0.2) is 19.3 Å². The van der Waals surface area contributed by atoms with Gasteiger partial charge in [0.1, 0.15) is 42.0 Å². The van der Waals surface area contributed by atoms with Crippen LogP contribution in [-0.2, 0) is 68.3 Å². The van der Waals surface area contributed by atoms with Crippen molar-refractivity contribution >= 4 is 64.0 Å². The lowest BCUT2D eigenvalue weighted by atomic mass is 9.81. The minimum atomic E-state index is -5.94. The number of benzene rings is 1. The third-order valence-corrected chi connectivity index (χ3v) is 15.3. The Kier molecular flexibility index (Phi) is 22.6. The maximum atomic E-state index is 12.8. The topological polar surface area (TPSA) is 412 Å². The summed E-state index contributed by atoms with van der Waals surface area (Å²) in [5.74, 6) is -2.40. The van der Waals surface area contributed by atoms with E-state index in [1.54, 1.807) is 0 Å². The van der Waals surface area contributed by atoms with E-state index in [4.69, 9.17) is 15.6 Å². The Morgan fingerprint density at radius 3 is 1.97 bits per heavy atom. The van der Waals surface area contributed by atoms with Crippen molar-refractivity contribution in [3.05, 3.63) is 48.0 Å². The van der Waals surface area contributed by atoms with E-state index in [1.165, 1.54) is 25.0 Å². The van der Waals surface area contributed by atoms with Crippen molar-refractivity contribution in [2.45, 2.75) is 149 Å². The Hall–Kier alpha value is -4.10. The number of aliphatic carboxylic acids is 1. The van der Waals surface area contributed by atoms with Gasteiger partial charge in [-0.3, -0.25) is 32.9 Å². The second kappa shape index (κ2) is 26.8. The quantitative estimate of drug-likeness (QED) is 0.0374. The number of amides is 2. The van der Waals surface area contributed by atoms with Crippen molar-refractivity contribution in [2.24, 2.45) is 16.2 Å². The van der Waals surface area contributed by atoms with Crippen LogP contribution in [0, 0.1) is 16.2 Å². The van der Waals surface area contributed by atoms with E-state index in [0.717, 1.165) is 68.6 Å². The van der Waals surface area contributed by atoms with E-state index in [9.17, 15) is 62.7 Å². The molecule has 1 fully saturated rings. The molecule has 4 rings (SSSR count). The number of aryl methyl sites for hydroxylation is 2. The molecule has 1 aliphatic rings. The Morgan fingerprint density at radius 2 is 1.39 bits per heavy atom. The number of nitrogen functional groups attached to an aromatic ring is 1. The Labute approximate surface area is 429 Å². The number of phosphoric acid groups is 3. The number of nitrogens with zero attached hydrogens (tertiary/aromatic N) is 4. The van der Waals surface area contributed by atoms with Crippen LogP contribution < -0.4 is 35.9 Å². The van der Waals surface area contributed by atoms with E-state index < -0.39 is 90.5 Å². The molecule has 3 aromatic rings. The second-order valence-corrected chi connectivity index (χ2v) is 24.6. The number of Topliss-reactive ketones (excluding diaryl/α,β-unsaturated/α-hetero) is 1. The van der Waals surface area contributed by atoms with E-state index in [-0.39, 0.29) is 65.9 Å². The summed E-state index contributed by atoms with van der Waals surface area (Å²) < 4.78 is 61.0. The number of rotatable bonds is 33. The first-order valence-electron chi connectivity index (χ1n) is 23.9. The molecular formula is C45H68N7O19P3-4. The lowest BCUT2D eigenvalue weighted by Crippen LogP contribution is -2.46. The first-order valence-corrected chi connectivity index (χ1v) is 28.3. The predicted octanol–water partition coefficient (Wildman–Crippen LogP) is 1.88. The molecule has 1 aliphatic heterocycles. The van der Waals surface area contributed by atoms with Gasteiger partial charge in [-0.2, -0.15) is 0 Å². The highest BCUT2D eigenvalue weighted by molar-refractivity contribution is 7.59. The highest BCUT2D eigenvalue weighted by atomic mass is 31.3. The summed E-state index contributed by atoms with van der Waals surface area (Å²) in [6, 6.07) is 8.58. The molecule has 1 aromatic carbocycles. The number of nitrogens with two attached hydrogens (primary N) is 1. The molecule has 1 saturated heterocycles. The molecule has 7 unspecified atom stereocenters. The van der Waals surface area contributed by atoms with Gasteiger partial charge in [-0.05, 0) is 60.5 Å². The number of carboxylic acid groups (broad SMARTS) is 1. The van der Waals surface area contributed by atoms with Crippen LogP contribution in [0.15, 0.2) is 36.9 Å². The van der Waals surface area contributed by atoms with Gasteiger partial charge in [0, 0.05) is 37.8 Å². The van der Waals surface area contributed by atoms with Gasteiger partial charge in [0.15, 0.2) is 17.7 Å². The molecule has 416 valence electrons. The van der Waals surface area contributed by atoms with Crippen LogP contribution in [0.2, 0.25) is 0 Å². The number of fused-ring (bicyclic) bond motifs is 1. The molecule has 0 saturated carbocycles. The first-order chi connectivity index (χ1) is 34.3. The van der Waals surface area contributed by atoms with E-state index in [1.807, 2.05) is 27.7 Å². The summed E-state index contributed by atoms with van der Waals surface area (Å²) in [6.45, 7) is 7.95. The molecule has 7 N–H and O–H groups in total. The molecule has 0 aliphatic carbocycles. The number of anilines is 1. The number of ketones is 1. The van der Waals surface area contributed by atoms with Crippen LogP contribution in [0.1, 0.15) is 123 Å². The fourth-order valence-electron chi connectivity index (χ4n) is 8.20. The third kappa shape index (κ3) is 20.8. The standard InChI is InChI=1S/C45H72N7O19P3/c1-43(2,19-9-7-11-29-13-15-30(16-14-29)12-8-10-20-44(3,4)24-34(55)56)23-31(53)17-21-47-33(54)18-22-48-41(59)38(58)45(5,6)26-68-74(65,66)71-73(63,64)67-25-32-37(70-72(60,61)62)36(57)42(69-32)52-28-51-35-39(46)49-27-50-40(35)52/h13-16,27-28,32,36-38,42,57-58H,7-12,17-26H2,1-6H3,(H,47,54)(H,48,59)(H,55,56)(H,63,64)(H,65,66)(H2,46,49,50)(H2,60,61,62)/p-4. The van der Waals surface area contributed by atoms with Gasteiger partial charge < -0.3 is 74.1 Å². The molecule has 7 atom stereocenters. The summed E-state index contributed by atoms with van der Waals surface area (Å²) in [6.07, 6.45) is 0.329. The number of aromatic nitrogens is 4. The molecule has 0 radical (unpaired) electrons. The van der Waals surface area contributed by atoms with Crippen LogP contribution in [0.5, 0.6) is 0 Å². The summed E-state index contributed by atoms with van der Waals surface area (Å²) in [4.78, 5) is 109. The van der Waals surface area contributed by atoms with Crippen molar-refractivity contribution in [3.8, 4) is 0 Å². The highest BCUT2D eigenvalue weighted by Crippen LogP contribution is 2.56. The van der Waals surface area contributed by atoms with Crippen molar-refractivity contribution in [3.63, 3.8) is 0 Å². The Morgan fingerprint density at radius 1 is 0.824 bits per heavy atom. The van der Waals surface area contributed by atoms with Crippen molar-refractivity contribution < 1.29 is 90.4 Å². The minimum Gasteiger partial charge on any atom is -0.790 e. The molecule has 2 amide bonds. The summed E-state index contributed by atoms with van der Waals surface area (Å²) in [7, 11) is -17.7. The molecule has 0 bridgehead atoms. The van der Waals surface area contributed by atoms with Crippen molar-refractivity contribution in [1.82, 2.24) is 30.2 Å². The number of ether oxygens (including phenoxy) is 1. The molecule has 0 spiro atoms. The summed E-state index contributed by atoms with van der Waals surface area (Å²) >= 11 is 0. The maximum Gasteiger partial charge on any atom is 0.303 e. The summed E-state index contributed by atoms with van der Waals surface area (Å²) in [5.41, 5.74) is 6.09. The van der Waals surface area contributed by atoms with Crippen molar-refractivity contribution in [1.29, 1.82) is 0 Å². The third-order valence-electron chi connectivity index (χ3n) is 12.2. The number of hydrogen-bond donors (Lipinski definition) is 6. The average Bonchev–Trinajstić information content (AvgIpc) is 3.84. The highest BCUT2D eigenvalue weighted by Gasteiger charge is 2.47. The minimum absolute atomic E-state index is 0.0204. The van der Waals surface area contributed by atoms with Gasteiger partial charge >= 0.3 is 5.97 Å². The van der Waals surface area contributed by atoms with Crippen LogP contribution in [-0.4, -0.2) is 109 Å². The van der Waals surface area contributed by atoms with Crippen LogP contribution in [0.4, 0.5) is 5.82 Å². The normalized spacial score (nSPS) is 19.7. The molecular weight excluding hydrogens is 1040 g/mol. The van der Waals surface area contributed by atoms with Crippen LogP contribution in [0.3, 0.4) is 0 Å². The first kappa shape index (κ1) is 62.4. The number of unbranched alkanes of at least 4 members (excludes halogenated alkanes) is 2. The number of carbonyl (C=O) groups is 4. The van der Waals surface area contributed by atoms with E-state index >= 15 is 0 Å². The molecule has 3 heterocycles. The van der Waals surface area contributed by atoms with Gasteiger partial charge in [0.2, 0.25) is 11.8 Å². The van der Waals surface area contributed by atoms with Gasteiger partial charge in [0.25, 0.3) is 15.6 Å². The lowest BCUT2D eigenvalue weighted by Gasteiger charge is -2.36. The second-order valence-electron chi connectivity index (χ2n) is 20.6. The van der Waals surface area contributed by atoms with Crippen LogP contribution >= 0.6 is 23.5 Å². The fourth-order valence-corrected chi connectivity index (χ4v) is 10.9. The number of carbonyl (C=O) groups excluding carboxylic acids is 3. The molecule has 2 aromatic heterocycles. The van der Waals surface area contributed by atoms with Gasteiger partial charge in [-0.1, -0.05) is 78.6 Å². The van der Waals surface area contributed by atoms with Gasteiger partial charge in [0.05, 0.1) is 33.8 Å². The lowest BCUT2D eigenvalue weighted by molar-refractivity contribution is -0.347. The summed E-state index contributed by atoms with van der Waals surface area (Å²) in [5, 5.41) is 35.6. The number of aliphatic hydroxyl groups excluding tert-OH is 2. The van der Waals surface area contributed by atoms with Gasteiger partial charge in [-0.15, -0.1) is 0 Å². The maximum absolute atomic E-state index is 12.8. The average molecular weight is 1100 g/mol. The number of aliphatic hydroxyl groups is 2. The predicted molar refractivity (Wildman–Crippen MR) is 256 cm³/mol. The SMILES string of the molecule is CC(C)(CCCCc1ccc(CCCCC(C)(C)CC(=O)CCNC(=O)CCNC(=O)C(O)C(C)(C)COP(=O)([O-])OP(=O)([O-])OCC2OC(n3cnc4c(N)ncnc43)C(O)C2OP(=O)([O-])[O-])cc1)CC(=O)O. The number of carboxylic acids is 1. The monoisotopic (exact) mass is 1100 g/mol. The Balaban J connectivity index is 1.11. The number of hydrogen-bond acceptors (Lipinski definition) is 22. The molecule has 29 heteroatoms. The van der Waals surface area contributed by atoms with Crippen molar-refractivity contribution in [2.75, 3.05) is 32.0 Å². The number of phosphoric ester groups is 3. The van der Waals surface area contributed by atoms with E-state index in [2.05, 4.69) is 67.7 Å².